The number of benzene rings is 1. The van der Waals surface area contributed by atoms with Gasteiger partial charge in [0.05, 0.1) is 17.4 Å². The molecule has 2 atom stereocenters. The summed E-state index contributed by atoms with van der Waals surface area (Å²) >= 11 is 1.50. The predicted octanol–water partition coefficient (Wildman–Crippen LogP) is 4.42. The minimum Gasteiger partial charge on any atom is -0.460 e. The number of furan rings is 1. The molecule has 0 radical (unpaired) electrons. The molecule has 2 fully saturated rings. The highest BCUT2D eigenvalue weighted by atomic mass is 32.1. The molecule has 2 saturated heterocycles. The fourth-order valence-electron chi connectivity index (χ4n) is 4.81. The van der Waals surface area contributed by atoms with Crippen LogP contribution in [0.25, 0.3) is 21.2 Å². The van der Waals surface area contributed by atoms with Crippen LogP contribution in [0.15, 0.2) is 47.1 Å². The van der Waals surface area contributed by atoms with Crippen molar-refractivity contribution in [3.05, 3.63) is 48.5 Å². The van der Waals surface area contributed by atoms with Crippen molar-refractivity contribution >= 4 is 38.4 Å². The Labute approximate surface area is 183 Å². The third-order valence-electron chi connectivity index (χ3n) is 6.33. The van der Waals surface area contributed by atoms with Crippen molar-refractivity contribution in [1.82, 2.24) is 19.8 Å². The van der Waals surface area contributed by atoms with Crippen LogP contribution in [0.3, 0.4) is 0 Å². The molecule has 31 heavy (non-hydrogen) atoms. The summed E-state index contributed by atoms with van der Waals surface area (Å²) in [6.45, 7) is 4.08. The lowest BCUT2D eigenvalue weighted by Crippen LogP contribution is -2.54. The first-order valence-electron chi connectivity index (χ1n) is 10.5. The van der Waals surface area contributed by atoms with Crippen LogP contribution in [0, 0.1) is 0 Å². The number of likely N-dealkylation sites (tertiary alicyclic amines) is 1. The molecule has 0 saturated carbocycles. The molecule has 2 aliphatic rings. The smallest absolute Gasteiger partial charge is 0.279 e. The van der Waals surface area contributed by atoms with Gasteiger partial charge in [-0.1, -0.05) is 11.3 Å². The maximum absolute atomic E-state index is 11.8. The van der Waals surface area contributed by atoms with Crippen LogP contribution in [0.2, 0.25) is 0 Å². The van der Waals surface area contributed by atoms with E-state index in [1.165, 1.54) is 11.3 Å². The van der Waals surface area contributed by atoms with Gasteiger partial charge in [-0.3, -0.25) is 14.7 Å². The predicted molar refractivity (Wildman–Crippen MR) is 118 cm³/mol. The van der Waals surface area contributed by atoms with E-state index in [0.29, 0.717) is 17.3 Å². The number of amides is 1. The van der Waals surface area contributed by atoms with Crippen molar-refractivity contribution < 1.29 is 13.9 Å². The number of hydrogen-bond donors (Lipinski definition) is 0. The number of fused-ring (bicyclic) bond motifs is 4. The Hall–Kier alpha value is -2.97. The summed E-state index contributed by atoms with van der Waals surface area (Å²) in [6, 6.07) is 10.7. The molecular formula is C23H22N4O3S. The van der Waals surface area contributed by atoms with Crippen LogP contribution in [-0.2, 0) is 11.3 Å². The number of hydrogen-bond acceptors (Lipinski definition) is 7. The Bertz CT molecular complexity index is 1240. The van der Waals surface area contributed by atoms with Crippen molar-refractivity contribution in [3.63, 3.8) is 0 Å². The maximum Gasteiger partial charge on any atom is 0.279 e. The molecule has 2 aliphatic heterocycles. The van der Waals surface area contributed by atoms with Gasteiger partial charge in [0.1, 0.15) is 22.6 Å². The summed E-state index contributed by atoms with van der Waals surface area (Å²) in [5, 5.41) is 1.62. The molecule has 2 bridgehead atoms. The van der Waals surface area contributed by atoms with Gasteiger partial charge in [-0.2, -0.15) is 0 Å². The van der Waals surface area contributed by atoms with Gasteiger partial charge < -0.3 is 14.1 Å². The van der Waals surface area contributed by atoms with Gasteiger partial charge in [-0.05, 0) is 43.2 Å². The second-order valence-corrected chi connectivity index (χ2v) is 9.31. The molecule has 8 heteroatoms. The number of pyridine rings is 1. The van der Waals surface area contributed by atoms with E-state index in [-0.39, 0.29) is 5.91 Å². The molecule has 2 unspecified atom stereocenters. The summed E-state index contributed by atoms with van der Waals surface area (Å²) < 4.78 is 13.2. The largest absolute Gasteiger partial charge is 0.460 e. The SMILES string of the molecule is CC(=O)N1CC2CCC(C1)N2Cc1cc2cc(Oc3nc4cnccc4s3)ccc2o1. The molecule has 4 aromatic rings. The fourth-order valence-corrected chi connectivity index (χ4v) is 5.61. The van der Waals surface area contributed by atoms with Crippen LogP contribution in [0.4, 0.5) is 0 Å². The highest BCUT2D eigenvalue weighted by Crippen LogP contribution is 2.35. The van der Waals surface area contributed by atoms with Crippen molar-refractivity contribution in [2.24, 2.45) is 0 Å². The van der Waals surface area contributed by atoms with Crippen LogP contribution in [-0.4, -0.2) is 50.8 Å². The van der Waals surface area contributed by atoms with Gasteiger partial charge in [0.25, 0.3) is 5.19 Å². The Morgan fingerprint density at radius 1 is 1.23 bits per heavy atom. The van der Waals surface area contributed by atoms with Gasteiger partial charge in [0.2, 0.25) is 5.91 Å². The fraction of sp³-hybridized carbons (Fsp3) is 0.348. The average molecular weight is 435 g/mol. The van der Waals surface area contributed by atoms with E-state index in [2.05, 4.69) is 20.9 Å². The first-order chi connectivity index (χ1) is 15.1. The zero-order valence-corrected chi connectivity index (χ0v) is 18.0. The van der Waals surface area contributed by atoms with E-state index >= 15 is 0 Å². The summed E-state index contributed by atoms with van der Waals surface area (Å²) in [4.78, 5) is 24.9. The summed E-state index contributed by atoms with van der Waals surface area (Å²) in [5.41, 5.74) is 1.69. The second-order valence-electron chi connectivity index (χ2n) is 8.32. The molecular weight excluding hydrogens is 412 g/mol. The second kappa shape index (κ2) is 7.32. The standard InChI is InChI=1S/C23H22N4O3S/c1-14(28)26-11-16-2-3-17(12-26)27(16)13-19-9-15-8-18(4-5-21(15)29-19)30-23-25-20-10-24-7-6-22(20)31-23/h4-10,16-17H,2-3,11-13H2,1H3. The van der Waals surface area contributed by atoms with Crippen molar-refractivity contribution in [2.75, 3.05) is 13.1 Å². The average Bonchev–Trinajstić information content (AvgIpc) is 3.40. The van der Waals surface area contributed by atoms with Crippen molar-refractivity contribution in [2.45, 2.75) is 38.4 Å². The van der Waals surface area contributed by atoms with Crippen LogP contribution in [0.5, 0.6) is 10.9 Å². The van der Waals surface area contributed by atoms with E-state index in [0.717, 1.165) is 65.2 Å². The maximum atomic E-state index is 11.8. The minimum absolute atomic E-state index is 0.178. The molecule has 0 aliphatic carbocycles. The number of piperazine rings is 1. The number of rotatable bonds is 4. The van der Waals surface area contributed by atoms with E-state index in [4.69, 9.17) is 9.15 Å². The third-order valence-corrected chi connectivity index (χ3v) is 7.25. The number of carbonyl (C=O) groups excluding carboxylic acids is 1. The molecule has 3 aromatic heterocycles. The summed E-state index contributed by atoms with van der Waals surface area (Å²) in [6.07, 6.45) is 5.79. The zero-order chi connectivity index (χ0) is 20.9. The monoisotopic (exact) mass is 434 g/mol. The lowest BCUT2D eigenvalue weighted by molar-refractivity contribution is -0.132. The highest BCUT2D eigenvalue weighted by molar-refractivity contribution is 7.20. The van der Waals surface area contributed by atoms with Gasteiger partial charge in [0.15, 0.2) is 0 Å². The van der Waals surface area contributed by atoms with E-state index in [1.807, 2.05) is 29.2 Å². The van der Waals surface area contributed by atoms with E-state index in [1.54, 1.807) is 19.3 Å². The number of aromatic nitrogens is 2. The first kappa shape index (κ1) is 18.8. The summed E-state index contributed by atoms with van der Waals surface area (Å²) in [5.74, 6) is 1.87. The zero-order valence-electron chi connectivity index (χ0n) is 17.2. The quantitative estimate of drug-likeness (QED) is 0.473. The molecule has 0 N–H and O–H groups in total. The molecule has 0 spiro atoms. The van der Waals surface area contributed by atoms with Gasteiger partial charge in [-0.15, -0.1) is 0 Å². The molecule has 158 valence electrons. The molecule has 7 nitrogen and oxygen atoms in total. The van der Waals surface area contributed by atoms with Gasteiger partial charge in [-0.25, -0.2) is 4.98 Å². The lowest BCUT2D eigenvalue weighted by Gasteiger charge is -2.40. The van der Waals surface area contributed by atoms with Gasteiger partial charge in [0, 0.05) is 43.7 Å². The molecule has 1 amide bonds. The highest BCUT2D eigenvalue weighted by Gasteiger charge is 2.40. The normalized spacial score (nSPS) is 21.3. The minimum atomic E-state index is 0.178. The van der Waals surface area contributed by atoms with Crippen molar-refractivity contribution in [1.29, 1.82) is 0 Å². The Morgan fingerprint density at radius 3 is 2.84 bits per heavy atom. The molecule has 6 rings (SSSR count). The van der Waals surface area contributed by atoms with E-state index in [9.17, 15) is 4.79 Å². The molecule has 5 heterocycles. The van der Waals surface area contributed by atoms with Crippen LogP contribution in [0.1, 0.15) is 25.5 Å². The third kappa shape index (κ3) is 3.45. The number of carbonyl (C=O) groups is 1. The summed E-state index contributed by atoms with van der Waals surface area (Å²) in [7, 11) is 0. The van der Waals surface area contributed by atoms with Gasteiger partial charge >= 0.3 is 0 Å². The van der Waals surface area contributed by atoms with Crippen LogP contribution >= 0.6 is 11.3 Å². The number of thiazole rings is 1. The van der Waals surface area contributed by atoms with Crippen molar-refractivity contribution in [3.8, 4) is 10.9 Å². The topological polar surface area (TPSA) is 71.7 Å². The number of ether oxygens (including phenoxy) is 1. The number of nitrogens with zero attached hydrogens (tertiary/aromatic N) is 4. The molecule has 1 aromatic carbocycles. The lowest BCUT2D eigenvalue weighted by atomic mass is 10.1. The first-order valence-corrected chi connectivity index (χ1v) is 11.4. The Balaban J connectivity index is 1.20. The van der Waals surface area contributed by atoms with E-state index < -0.39 is 0 Å². The Kier molecular flexibility index (Phi) is 4.43. The van der Waals surface area contributed by atoms with Crippen LogP contribution < -0.4 is 4.74 Å². The Morgan fingerprint density at radius 2 is 2.06 bits per heavy atom.